The summed E-state index contributed by atoms with van der Waals surface area (Å²) < 4.78 is 7.23. The molecule has 0 aliphatic heterocycles. The summed E-state index contributed by atoms with van der Waals surface area (Å²) in [5, 5.41) is 10.1. The van der Waals surface area contributed by atoms with Crippen molar-refractivity contribution in [3.05, 3.63) is 36.0 Å². The quantitative estimate of drug-likeness (QED) is 0.869. The number of nitrogens with zero attached hydrogens (tertiary/aromatic N) is 1. The summed E-state index contributed by atoms with van der Waals surface area (Å²) in [4.78, 5) is 11.0. The highest BCUT2D eigenvalue weighted by molar-refractivity contribution is 5.99. The van der Waals surface area contributed by atoms with E-state index in [4.69, 9.17) is 9.84 Å². The number of benzene rings is 1. The molecule has 0 aliphatic rings. The van der Waals surface area contributed by atoms with Crippen LogP contribution >= 0.6 is 0 Å². The summed E-state index contributed by atoms with van der Waals surface area (Å²) >= 11 is 0. The molecule has 0 radical (unpaired) electrons. The number of aromatic nitrogens is 1. The molecular weight excluding hydrogens is 254 g/mol. The minimum Gasteiger partial charge on any atom is -0.497 e. The Morgan fingerprint density at radius 1 is 1.40 bits per heavy atom. The molecule has 2 rings (SSSR count). The fraction of sp³-hybridized carbons (Fsp3) is 0.312. The van der Waals surface area contributed by atoms with E-state index < -0.39 is 5.97 Å². The van der Waals surface area contributed by atoms with Crippen LogP contribution in [0.3, 0.4) is 0 Å². The minimum atomic E-state index is -0.917. The fourth-order valence-electron chi connectivity index (χ4n) is 2.41. The summed E-state index contributed by atoms with van der Waals surface area (Å²) in [7, 11) is 3.58. The van der Waals surface area contributed by atoms with E-state index >= 15 is 0 Å². The summed E-state index contributed by atoms with van der Waals surface area (Å²) in [5.74, 6) is 0.0107. The molecule has 0 unspecified atom stereocenters. The first-order chi connectivity index (χ1) is 9.43. The average molecular weight is 273 g/mol. The normalized spacial score (nSPS) is 12.2. The van der Waals surface area contributed by atoms with Gasteiger partial charge in [-0.3, -0.25) is 0 Å². The minimum absolute atomic E-state index is 0.138. The molecule has 1 aromatic heterocycles. The van der Waals surface area contributed by atoms with Crippen molar-refractivity contribution in [2.24, 2.45) is 13.0 Å². The van der Waals surface area contributed by atoms with Crippen LogP contribution in [0.1, 0.15) is 19.4 Å². The number of carboxylic acids is 1. The largest absolute Gasteiger partial charge is 0.497 e. The molecule has 4 nitrogen and oxygen atoms in total. The third kappa shape index (κ3) is 2.54. The van der Waals surface area contributed by atoms with Crippen LogP contribution in [0.15, 0.2) is 30.5 Å². The van der Waals surface area contributed by atoms with Crippen LogP contribution in [0, 0.1) is 5.92 Å². The van der Waals surface area contributed by atoms with Gasteiger partial charge in [0.25, 0.3) is 0 Å². The Morgan fingerprint density at radius 2 is 2.10 bits per heavy atom. The summed E-state index contributed by atoms with van der Waals surface area (Å²) in [6.45, 7) is 3.99. The van der Waals surface area contributed by atoms with Gasteiger partial charge in [0.05, 0.1) is 12.6 Å². The molecule has 1 heterocycles. The Bertz CT molecular complexity index is 680. The Morgan fingerprint density at radius 3 is 2.65 bits per heavy atom. The molecule has 0 saturated carbocycles. The van der Waals surface area contributed by atoms with E-state index in [9.17, 15) is 4.79 Å². The number of aryl methyl sites for hydroxylation is 1. The molecule has 4 heteroatoms. The van der Waals surface area contributed by atoms with Crippen molar-refractivity contribution in [1.29, 1.82) is 0 Å². The molecule has 0 amide bonds. The van der Waals surface area contributed by atoms with Gasteiger partial charge in [-0.25, -0.2) is 4.79 Å². The van der Waals surface area contributed by atoms with Crippen molar-refractivity contribution in [1.82, 2.24) is 4.57 Å². The van der Waals surface area contributed by atoms with E-state index in [0.717, 1.165) is 27.8 Å². The molecule has 1 aromatic carbocycles. The molecule has 0 bridgehead atoms. The maximum Gasteiger partial charge on any atom is 0.328 e. The standard InChI is InChI=1S/C16H19NO3/c1-10(2)13(8-16(18)19)14-9-17(3)15-7-11(20-4)5-6-12(14)15/h5-10H,1-4H3,(H,18,19)/b13-8+. The van der Waals surface area contributed by atoms with E-state index in [1.165, 1.54) is 6.08 Å². The second-order valence-corrected chi connectivity index (χ2v) is 5.13. The van der Waals surface area contributed by atoms with Gasteiger partial charge in [-0.2, -0.15) is 0 Å². The number of hydrogen-bond donors (Lipinski definition) is 1. The highest BCUT2D eigenvalue weighted by Crippen LogP contribution is 2.33. The number of methoxy groups -OCH3 is 1. The van der Waals surface area contributed by atoms with Crippen molar-refractivity contribution in [3.63, 3.8) is 0 Å². The van der Waals surface area contributed by atoms with Crippen LogP contribution in [0.4, 0.5) is 0 Å². The predicted molar refractivity (Wildman–Crippen MR) is 79.9 cm³/mol. The lowest BCUT2D eigenvalue weighted by Gasteiger charge is -2.09. The third-order valence-electron chi connectivity index (χ3n) is 3.41. The SMILES string of the molecule is COc1ccc2c(/C(=C/C(=O)O)C(C)C)cn(C)c2c1. The average Bonchev–Trinajstić information content (AvgIpc) is 2.72. The highest BCUT2D eigenvalue weighted by Gasteiger charge is 2.15. The van der Waals surface area contributed by atoms with Gasteiger partial charge in [-0.1, -0.05) is 13.8 Å². The smallest absolute Gasteiger partial charge is 0.328 e. The van der Waals surface area contributed by atoms with Gasteiger partial charge in [-0.05, 0) is 23.6 Å². The third-order valence-corrected chi connectivity index (χ3v) is 3.41. The highest BCUT2D eigenvalue weighted by atomic mass is 16.5. The van der Waals surface area contributed by atoms with Crippen molar-refractivity contribution in [2.75, 3.05) is 7.11 Å². The first kappa shape index (κ1) is 14.2. The number of rotatable bonds is 4. The Balaban J connectivity index is 2.68. The lowest BCUT2D eigenvalue weighted by atomic mass is 9.94. The lowest BCUT2D eigenvalue weighted by molar-refractivity contribution is -0.131. The van der Waals surface area contributed by atoms with Crippen molar-refractivity contribution in [2.45, 2.75) is 13.8 Å². The Hall–Kier alpha value is -2.23. The molecule has 0 fully saturated rings. The van der Waals surface area contributed by atoms with Gasteiger partial charge < -0.3 is 14.4 Å². The maximum absolute atomic E-state index is 11.0. The molecule has 0 spiro atoms. The van der Waals surface area contributed by atoms with Gasteiger partial charge in [0.1, 0.15) is 5.75 Å². The molecule has 0 saturated heterocycles. The van der Waals surface area contributed by atoms with E-state index in [2.05, 4.69) is 0 Å². The number of aliphatic carboxylic acids is 1. The number of ether oxygens (including phenoxy) is 1. The summed E-state index contributed by atoms with van der Waals surface area (Å²) in [6.07, 6.45) is 3.27. The molecule has 1 N–H and O–H groups in total. The van der Waals surface area contributed by atoms with Crippen LogP contribution in [0.25, 0.3) is 16.5 Å². The predicted octanol–water partition coefficient (Wildman–Crippen LogP) is 3.31. The van der Waals surface area contributed by atoms with E-state index in [1.807, 2.05) is 49.9 Å². The zero-order valence-electron chi connectivity index (χ0n) is 12.2. The van der Waals surface area contributed by atoms with Crippen molar-refractivity contribution >= 4 is 22.4 Å². The van der Waals surface area contributed by atoms with Gasteiger partial charge in [-0.15, -0.1) is 0 Å². The zero-order valence-corrected chi connectivity index (χ0v) is 12.2. The van der Waals surface area contributed by atoms with Crippen LogP contribution in [0.5, 0.6) is 5.75 Å². The van der Waals surface area contributed by atoms with Gasteiger partial charge in [0.2, 0.25) is 0 Å². The molecule has 0 atom stereocenters. The summed E-state index contributed by atoms with van der Waals surface area (Å²) in [6, 6.07) is 5.82. The van der Waals surface area contributed by atoms with Gasteiger partial charge >= 0.3 is 5.97 Å². The Kier molecular flexibility index (Phi) is 3.84. The fourth-order valence-corrected chi connectivity index (χ4v) is 2.41. The first-order valence-electron chi connectivity index (χ1n) is 6.52. The van der Waals surface area contributed by atoms with Crippen LogP contribution in [-0.4, -0.2) is 22.8 Å². The number of carbonyl (C=O) groups is 1. The van der Waals surface area contributed by atoms with Crippen LogP contribution in [-0.2, 0) is 11.8 Å². The van der Waals surface area contributed by atoms with Gasteiger partial charge in [0, 0.05) is 36.3 Å². The van der Waals surface area contributed by atoms with Crippen LogP contribution < -0.4 is 4.74 Å². The number of fused-ring (bicyclic) bond motifs is 1. The second-order valence-electron chi connectivity index (χ2n) is 5.13. The summed E-state index contributed by atoms with van der Waals surface area (Å²) in [5.41, 5.74) is 2.81. The van der Waals surface area contributed by atoms with E-state index in [1.54, 1.807) is 7.11 Å². The van der Waals surface area contributed by atoms with E-state index in [0.29, 0.717) is 0 Å². The van der Waals surface area contributed by atoms with Crippen LogP contribution in [0.2, 0.25) is 0 Å². The number of carboxylic acid groups (broad SMARTS) is 1. The molecule has 20 heavy (non-hydrogen) atoms. The monoisotopic (exact) mass is 273 g/mol. The number of hydrogen-bond acceptors (Lipinski definition) is 2. The number of allylic oxidation sites excluding steroid dienone is 1. The molecule has 106 valence electrons. The van der Waals surface area contributed by atoms with E-state index in [-0.39, 0.29) is 5.92 Å². The maximum atomic E-state index is 11.0. The van der Waals surface area contributed by atoms with Gasteiger partial charge in [0.15, 0.2) is 0 Å². The van der Waals surface area contributed by atoms with Crippen molar-refractivity contribution < 1.29 is 14.6 Å². The molecule has 0 aliphatic carbocycles. The zero-order chi connectivity index (χ0) is 14.9. The topological polar surface area (TPSA) is 51.5 Å². The Labute approximate surface area is 118 Å². The first-order valence-corrected chi connectivity index (χ1v) is 6.52. The van der Waals surface area contributed by atoms with Crippen molar-refractivity contribution in [3.8, 4) is 5.75 Å². The second kappa shape index (κ2) is 5.41. The molecule has 2 aromatic rings. The lowest BCUT2D eigenvalue weighted by Crippen LogP contribution is -1.98. The molecular formula is C16H19NO3.